The van der Waals surface area contributed by atoms with Crippen LogP contribution in [0, 0.1) is 0 Å². The molecule has 1 atom stereocenters. The van der Waals surface area contributed by atoms with Gasteiger partial charge in [-0.05, 0) is 13.1 Å². The van der Waals surface area contributed by atoms with Crippen LogP contribution in [-0.2, 0) is 0 Å². The third kappa shape index (κ3) is 2.01. The van der Waals surface area contributed by atoms with Gasteiger partial charge in [0.05, 0.1) is 9.90 Å². The summed E-state index contributed by atoms with van der Waals surface area (Å²) in [6.07, 6.45) is -0.528. The van der Waals surface area contributed by atoms with Gasteiger partial charge in [-0.3, -0.25) is 0 Å². The zero-order chi connectivity index (χ0) is 10.8. The van der Waals surface area contributed by atoms with Crippen LogP contribution >= 0.6 is 22.9 Å². The Balaban J connectivity index is 2.48. The summed E-state index contributed by atoms with van der Waals surface area (Å²) in [4.78, 5) is 0.840. The van der Waals surface area contributed by atoms with Crippen molar-refractivity contribution in [2.75, 3.05) is 13.6 Å². The first-order valence-corrected chi connectivity index (χ1v) is 5.93. The number of hydrogen-bond donors (Lipinski definition) is 2. The SMILES string of the molecule is CNCC(O)c1sc2ccccc2c1Cl. The Bertz CT molecular complexity index is 469. The van der Waals surface area contributed by atoms with Crippen molar-refractivity contribution in [2.24, 2.45) is 0 Å². The van der Waals surface area contributed by atoms with Crippen LogP contribution in [0.25, 0.3) is 10.1 Å². The minimum atomic E-state index is -0.528. The highest BCUT2D eigenvalue weighted by atomic mass is 35.5. The molecule has 0 aliphatic rings. The first-order chi connectivity index (χ1) is 7.24. The minimum Gasteiger partial charge on any atom is -0.386 e. The molecule has 0 saturated carbocycles. The van der Waals surface area contributed by atoms with E-state index in [4.69, 9.17) is 11.6 Å². The van der Waals surface area contributed by atoms with E-state index in [1.807, 2.05) is 31.3 Å². The molecule has 4 heteroatoms. The second-order valence-corrected chi connectivity index (χ2v) is 4.81. The van der Waals surface area contributed by atoms with Crippen LogP contribution in [-0.4, -0.2) is 18.7 Å². The van der Waals surface area contributed by atoms with Gasteiger partial charge in [0.25, 0.3) is 0 Å². The molecule has 2 nitrogen and oxygen atoms in total. The number of benzene rings is 1. The summed E-state index contributed by atoms with van der Waals surface area (Å²) in [6.45, 7) is 0.520. The summed E-state index contributed by atoms with van der Waals surface area (Å²) in [6, 6.07) is 7.92. The first kappa shape index (κ1) is 10.9. The molecule has 2 aromatic rings. The van der Waals surface area contributed by atoms with Gasteiger partial charge in [0, 0.05) is 16.6 Å². The Morgan fingerprint density at radius 3 is 2.87 bits per heavy atom. The monoisotopic (exact) mass is 241 g/mol. The molecule has 15 heavy (non-hydrogen) atoms. The zero-order valence-electron chi connectivity index (χ0n) is 8.33. The van der Waals surface area contributed by atoms with Crippen molar-refractivity contribution in [3.8, 4) is 0 Å². The van der Waals surface area contributed by atoms with E-state index in [1.165, 1.54) is 0 Å². The van der Waals surface area contributed by atoms with Gasteiger partial charge in [-0.25, -0.2) is 0 Å². The van der Waals surface area contributed by atoms with Gasteiger partial charge in [-0.2, -0.15) is 0 Å². The number of aliphatic hydroxyl groups is 1. The van der Waals surface area contributed by atoms with Gasteiger partial charge >= 0.3 is 0 Å². The van der Waals surface area contributed by atoms with E-state index in [9.17, 15) is 5.11 Å². The molecular weight excluding hydrogens is 230 g/mol. The fourth-order valence-electron chi connectivity index (χ4n) is 1.53. The van der Waals surface area contributed by atoms with Crippen LogP contribution in [0.5, 0.6) is 0 Å². The molecule has 0 spiro atoms. The van der Waals surface area contributed by atoms with E-state index in [0.29, 0.717) is 11.6 Å². The molecular formula is C11H12ClNOS. The van der Waals surface area contributed by atoms with Crippen molar-refractivity contribution in [3.63, 3.8) is 0 Å². The molecule has 0 fully saturated rings. The Morgan fingerprint density at radius 1 is 1.47 bits per heavy atom. The number of nitrogens with one attached hydrogen (secondary N) is 1. The van der Waals surface area contributed by atoms with E-state index in [-0.39, 0.29) is 0 Å². The maximum atomic E-state index is 9.87. The molecule has 0 amide bonds. The lowest BCUT2D eigenvalue weighted by Crippen LogP contribution is -2.15. The first-order valence-electron chi connectivity index (χ1n) is 4.73. The third-order valence-corrected chi connectivity index (χ3v) is 4.05. The average molecular weight is 242 g/mol. The molecule has 0 radical (unpaired) electrons. The Morgan fingerprint density at radius 2 is 2.20 bits per heavy atom. The lowest BCUT2D eigenvalue weighted by Gasteiger charge is -2.07. The predicted octanol–water partition coefficient (Wildman–Crippen LogP) is 2.81. The molecule has 0 bridgehead atoms. The van der Waals surface area contributed by atoms with E-state index in [1.54, 1.807) is 11.3 Å². The van der Waals surface area contributed by atoms with Crippen LogP contribution in [0.4, 0.5) is 0 Å². The van der Waals surface area contributed by atoms with Crippen molar-refractivity contribution < 1.29 is 5.11 Å². The molecule has 1 aromatic carbocycles. The van der Waals surface area contributed by atoms with Crippen molar-refractivity contribution in [1.29, 1.82) is 0 Å². The molecule has 1 heterocycles. The van der Waals surface area contributed by atoms with Crippen LogP contribution in [0.1, 0.15) is 11.0 Å². The number of aliphatic hydroxyl groups excluding tert-OH is 1. The highest BCUT2D eigenvalue weighted by molar-refractivity contribution is 7.19. The van der Waals surface area contributed by atoms with Gasteiger partial charge < -0.3 is 10.4 Å². The van der Waals surface area contributed by atoms with Gasteiger partial charge in [-0.15, -0.1) is 11.3 Å². The summed E-state index contributed by atoms with van der Waals surface area (Å²) in [5.74, 6) is 0. The largest absolute Gasteiger partial charge is 0.386 e. The molecule has 1 unspecified atom stereocenters. The topological polar surface area (TPSA) is 32.3 Å². The van der Waals surface area contributed by atoms with Gasteiger partial charge in [0.1, 0.15) is 6.10 Å². The number of fused-ring (bicyclic) bond motifs is 1. The maximum absolute atomic E-state index is 9.87. The second kappa shape index (κ2) is 4.49. The predicted molar refractivity (Wildman–Crippen MR) is 65.7 cm³/mol. The zero-order valence-corrected chi connectivity index (χ0v) is 9.90. The van der Waals surface area contributed by atoms with Crippen molar-refractivity contribution in [1.82, 2.24) is 5.32 Å². The van der Waals surface area contributed by atoms with Crippen LogP contribution in [0.2, 0.25) is 5.02 Å². The van der Waals surface area contributed by atoms with Crippen LogP contribution in [0.15, 0.2) is 24.3 Å². The van der Waals surface area contributed by atoms with Gasteiger partial charge in [-0.1, -0.05) is 29.8 Å². The molecule has 80 valence electrons. The molecule has 0 aliphatic carbocycles. The number of thiophene rings is 1. The molecule has 2 rings (SSSR count). The quantitative estimate of drug-likeness (QED) is 0.866. The fraction of sp³-hybridized carbons (Fsp3) is 0.273. The highest BCUT2D eigenvalue weighted by Crippen LogP contribution is 2.38. The molecule has 2 N–H and O–H groups in total. The summed E-state index contributed by atoms with van der Waals surface area (Å²) < 4.78 is 1.12. The normalized spacial score (nSPS) is 13.3. The van der Waals surface area contributed by atoms with Crippen molar-refractivity contribution >= 4 is 33.0 Å². The number of rotatable bonds is 3. The smallest absolute Gasteiger partial charge is 0.102 e. The number of likely N-dealkylation sites (N-methyl/N-ethyl adjacent to an activating group) is 1. The summed E-state index contributed by atoms with van der Waals surface area (Å²) in [5, 5.41) is 14.5. The number of halogens is 1. The summed E-state index contributed by atoms with van der Waals surface area (Å²) in [5.41, 5.74) is 0. The van der Waals surface area contributed by atoms with E-state index in [2.05, 4.69) is 5.32 Å². The Labute approximate surface area is 97.5 Å². The second-order valence-electron chi connectivity index (χ2n) is 3.35. The Hall–Kier alpha value is -0.610. The third-order valence-electron chi connectivity index (χ3n) is 2.26. The average Bonchev–Trinajstić information content (AvgIpc) is 2.57. The van der Waals surface area contributed by atoms with Gasteiger partial charge in [0.2, 0.25) is 0 Å². The van der Waals surface area contributed by atoms with E-state index < -0.39 is 6.10 Å². The lowest BCUT2D eigenvalue weighted by atomic mass is 10.2. The van der Waals surface area contributed by atoms with Crippen molar-refractivity contribution in [3.05, 3.63) is 34.2 Å². The van der Waals surface area contributed by atoms with Crippen molar-refractivity contribution in [2.45, 2.75) is 6.10 Å². The fourth-order valence-corrected chi connectivity index (χ4v) is 3.08. The summed E-state index contributed by atoms with van der Waals surface area (Å²) >= 11 is 7.76. The Kier molecular flexibility index (Phi) is 3.26. The minimum absolute atomic E-state index is 0.520. The number of hydrogen-bond acceptors (Lipinski definition) is 3. The highest BCUT2D eigenvalue weighted by Gasteiger charge is 2.16. The summed E-state index contributed by atoms with van der Waals surface area (Å²) in [7, 11) is 1.81. The van der Waals surface area contributed by atoms with E-state index >= 15 is 0 Å². The maximum Gasteiger partial charge on any atom is 0.102 e. The van der Waals surface area contributed by atoms with Gasteiger partial charge in [0.15, 0.2) is 0 Å². The standard InChI is InChI=1S/C11H12ClNOS/c1-13-6-8(14)11-10(12)7-4-2-3-5-9(7)15-11/h2-5,8,13-14H,6H2,1H3. The van der Waals surface area contributed by atoms with E-state index in [0.717, 1.165) is 15.0 Å². The van der Waals surface area contributed by atoms with Crippen LogP contribution < -0.4 is 5.32 Å². The molecule has 0 saturated heterocycles. The molecule has 1 aromatic heterocycles. The lowest BCUT2D eigenvalue weighted by molar-refractivity contribution is 0.181. The van der Waals surface area contributed by atoms with Crippen LogP contribution in [0.3, 0.4) is 0 Å². The molecule has 0 aliphatic heterocycles.